The summed E-state index contributed by atoms with van der Waals surface area (Å²) < 4.78 is 5.72. The van der Waals surface area contributed by atoms with Gasteiger partial charge in [-0.2, -0.15) is 0 Å². The first-order valence-electron chi connectivity index (χ1n) is 6.70. The second-order valence-corrected chi connectivity index (χ2v) is 6.57. The Bertz CT molecular complexity index is 532. The van der Waals surface area contributed by atoms with Crippen LogP contribution in [-0.2, 0) is 16.5 Å². The van der Waals surface area contributed by atoms with Crippen molar-refractivity contribution in [2.45, 2.75) is 51.9 Å². The number of alkyl halides is 1. The van der Waals surface area contributed by atoms with Gasteiger partial charge in [-0.15, -0.1) is 0 Å². The molecule has 3 heteroatoms. The molecule has 1 aromatic rings. The standard InChI is InChI=1S/C16H22BrNO/c1-10-6-11(2)14(8-17)12(3)13(10)7-15-18-16(4,5)9-19-15/h6H,7-9H2,1-5H3. The van der Waals surface area contributed by atoms with Crippen LogP contribution in [0.3, 0.4) is 0 Å². The number of halogens is 1. The fourth-order valence-corrected chi connectivity index (χ4v) is 3.52. The normalized spacial score (nSPS) is 17.3. The van der Waals surface area contributed by atoms with E-state index >= 15 is 0 Å². The van der Waals surface area contributed by atoms with Crippen LogP contribution in [0.4, 0.5) is 0 Å². The Balaban J connectivity index is 2.36. The number of aliphatic imine (C=N–C) groups is 1. The molecular formula is C16H22BrNO. The fourth-order valence-electron chi connectivity index (χ4n) is 2.65. The highest BCUT2D eigenvalue weighted by atomic mass is 79.9. The quantitative estimate of drug-likeness (QED) is 0.762. The van der Waals surface area contributed by atoms with E-state index < -0.39 is 0 Å². The molecule has 0 fully saturated rings. The maximum Gasteiger partial charge on any atom is 0.188 e. The number of ether oxygens (including phenoxy) is 1. The molecule has 2 rings (SSSR count). The van der Waals surface area contributed by atoms with Gasteiger partial charge in [0.15, 0.2) is 5.90 Å². The van der Waals surface area contributed by atoms with Crippen LogP contribution >= 0.6 is 15.9 Å². The average Bonchev–Trinajstić information content (AvgIpc) is 2.64. The number of nitrogens with zero attached hydrogens (tertiary/aromatic N) is 1. The summed E-state index contributed by atoms with van der Waals surface area (Å²) in [6.07, 6.45) is 0.807. The molecule has 0 spiro atoms. The lowest BCUT2D eigenvalue weighted by Crippen LogP contribution is -2.17. The predicted molar refractivity (Wildman–Crippen MR) is 84.5 cm³/mol. The predicted octanol–water partition coefficient (Wildman–Crippen LogP) is 4.26. The van der Waals surface area contributed by atoms with E-state index in [4.69, 9.17) is 4.74 Å². The van der Waals surface area contributed by atoms with Crippen LogP contribution in [0.15, 0.2) is 11.1 Å². The summed E-state index contributed by atoms with van der Waals surface area (Å²) >= 11 is 3.59. The van der Waals surface area contributed by atoms with Gasteiger partial charge in [-0.05, 0) is 62.4 Å². The highest BCUT2D eigenvalue weighted by Crippen LogP contribution is 2.27. The Hall–Kier alpha value is -0.830. The van der Waals surface area contributed by atoms with E-state index in [0.717, 1.165) is 17.6 Å². The molecule has 0 amide bonds. The van der Waals surface area contributed by atoms with Gasteiger partial charge in [0.05, 0.1) is 5.54 Å². The molecule has 0 atom stereocenters. The van der Waals surface area contributed by atoms with E-state index in [2.05, 4.69) is 61.6 Å². The minimum absolute atomic E-state index is 0.0694. The summed E-state index contributed by atoms with van der Waals surface area (Å²) in [6, 6.07) is 2.26. The molecule has 2 nitrogen and oxygen atoms in total. The third kappa shape index (κ3) is 3.02. The minimum Gasteiger partial charge on any atom is -0.478 e. The van der Waals surface area contributed by atoms with Gasteiger partial charge in [0, 0.05) is 11.8 Å². The van der Waals surface area contributed by atoms with E-state index in [-0.39, 0.29) is 5.54 Å². The molecule has 19 heavy (non-hydrogen) atoms. The lowest BCUT2D eigenvalue weighted by molar-refractivity contribution is 0.275. The second-order valence-electron chi connectivity index (χ2n) is 6.01. The highest BCUT2D eigenvalue weighted by molar-refractivity contribution is 9.08. The largest absolute Gasteiger partial charge is 0.478 e. The first-order valence-corrected chi connectivity index (χ1v) is 7.82. The van der Waals surface area contributed by atoms with Crippen LogP contribution in [0.2, 0.25) is 0 Å². The summed E-state index contributed by atoms with van der Waals surface area (Å²) in [7, 11) is 0. The summed E-state index contributed by atoms with van der Waals surface area (Å²) in [5.41, 5.74) is 6.72. The van der Waals surface area contributed by atoms with Crippen molar-refractivity contribution in [2.75, 3.05) is 6.61 Å². The van der Waals surface area contributed by atoms with E-state index in [1.807, 2.05) is 0 Å². The molecule has 1 aromatic carbocycles. The van der Waals surface area contributed by atoms with Crippen molar-refractivity contribution in [3.63, 3.8) is 0 Å². The van der Waals surface area contributed by atoms with E-state index in [9.17, 15) is 0 Å². The molecule has 0 saturated carbocycles. The SMILES string of the molecule is Cc1cc(C)c(CC2=NC(C)(C)CO2)c(C)c1CBr. The third-order valence-corrected chi connectivity index (χ3v) is 4.33. The summed E-state index contributed by atoms with van der Waals surface area (Å²) in [5.74, 6) is 0.876. The van der Waals surface area contributed by atoms with Crippen molar-refractivity contribution in [3.8, 4) is 0 Å². The Morgan fingerprint density at radius 1 is 1.21 bits per heavy atom. The molecule has 0 bridgehead atoms. The fraction of sp³-hybridized carbons (Fsp3) is 0.562. The first-order chi connectivity index (χ1) is 8.84. The number of benzene rings is 1. The van der Waals surface area contributed by atoms with Crippen LogP contribution in [0.25, 0.3) is 0 Å². The molecule has 0 aliphatic carbocycles. The Kier molecular flexibility index (Phi) is 4.05. The zero-order valence-corrected chi connectivity index (χ0v) is 14.0. The zero-order valence-electron chi connectivity index (χ0n) is 12.4. The van der Waals surface area contributed by atoms with E-state index in [1.54, 1.807) is 0 Å². The van der Waals surface area contributed by atoms with Crippen LogP contribution < -0.4 is 0 Å². The zero-order chi connectivity index (χ0) is 14.2. The molecule has 0 N–H and O–H groups in total. The van der Waals surface area contributed by atoms with Crippen LogP contribution in [0.5, 0.6) is 0 Å². The molecule has 0 saturated heterocycles. The maximum absolute atomic E-state index is 5.72. The third-order valence-electron chi connectivity index (χ3n) is 3.77. The van der Waals surface area contributed by atoms with Crippen LogP contribution in [-0.4, -0.2) is 18.0 Å². The molecule has 104 valence electrons. The van der Waals surface area contributed by atoms with E-state index in [0.29, 0.717) is 6.61 Å². The van der Waals surface area contributed by atoms with Crippen LogP contribution in [0, 0.1) is 20.8 Å². The topological polar surface area (TPSA) is 21.6 Å². The number of hydrogen-bond acceptors (Lipinski definition) is 2. The van der Waals surface area contributed by atoms with Gasteiger partial charge >= 0.3 is 0 Å². The maximum atomic E-state index is 5.72. The van der Waals surface area contributed by atoms with Crippen molar-refractivity contribution >= 4 is 21.8 Å². The summed E-state index contributed by atoms with van der Waals surface area (Å²) in [6.45, 7) is 11.5. The summed E-state index contributed by atoms with van der Waals surface area (Å²) in [4.78, 5) is 4.66. The lowest BCUT2D eigenvalue weighted by atomic mass is 9.92. The Morgan fingerprint density at radius 3 is 2.37 bits per heavy atom. The van der Waals surface area contributed by atoms with Crippen molar-refractivity contribution in [2.24, 2.45) is 4.99 Å². The molecule has 0 aromatic heterocycles. The van der Waals surface area contributed by atoms with Gasteiger partial charge < -0.3 is 4.74 Å². The number of rotatable bonds is 3. The van der Waals surface area contributed by atoms with Crippen molar-refractivity contribution in [3.05, 3.63) is 33.9 Å². The van der Waals surface area contributed by atoms with Gasteiger partial charge in [-0.25, -0.2) is 4.99 Å². The molecule has 0 unspecified atom stereocenters. The molecule has 0 radical (unpaired) electrons. The lowest BCUT2D eigenvalue weighted by Gasteiger charge is -2.16. The minimum atomic E-state index is -0.0694. The smallest absolute Gasteiger partial charge is 0.188 e. The van der Waals surface area contributed by atoms with Gasteiger partial charge in [0.25, 0.3) is 0 Å². The van der Waals surface area contributed by atoms with Crippen molar-refractivity contribution in [1.82, 2.24) is 0 Å². The number of hydrogen-bond donors (Lipinski definition) is 0. The molecular weight excluding hydrogens is 302 g/mol. The summed E-state index contributed by atoms with van der Waals surface area (Å²) in [5, 5.41) is 0.900. The van der Waals surface area contributed by atoms with Gasteiger partial charge in [0.1, 0.15) is 6.61 Å². The van der Waals surface area contributed by atoms with Crippen molar-refractivity contribution < 1.29 is 4.74 Å². The Labute approximate surface area is 124 Å². The molecule has 1 heterocycles. The average molecular weight is 324 g/mol. The van der Waals surface area contributed by atoms with Gasteiger partial charge in [-0.3, -0.25) is 0 Å². The molecule has 1 aliphatic heterocycles. The van der Waals surface area contributed by atoms with Gasteiger partial charge in [0.2, 0.25) is 0 Å². The monoisotopic (exact) mass is 323 g/mol. The number of aryl methyl sites for hydroxylation is 2. The van der Waals surface area contributed by atoms with Gasteiger partial charge in [-0.1, -0.05) is 22.0 Å². The van der Waals surface area contributed by atoms with Crippen LogP contribution in [0.1, 0.15) is 41.7 Å². The first kappa shape index (κ1) is 14.6. The van der Waals surface area contributed by atoms with Crippen molar-refractivity contribution in [1.29, 1.82) is 0 Å². The van der Waals surface area contributed by atoms with E-state index in [1.165, 1.54) is 27.8 Å². The molecule has 1 aliphatic rings. The highest BCUT2D eigenvalue weighted by Gasteiger charge is 2.26. The second kappa shape index (κ2) is 5.28. The Morgan fingerprint density at radius 2 is 1.84 bits per heavy atom.